The molecule has 0 saturated carbocycles. The van der Waals surface area contributed by atoms with Gasteiger partial charge in [0.1, 0.15) is 5.82 Å². The molecule has 192 valence electrons. The molecule has 2 aromatic carbocycles. The summed E-state index contributed by atoms with van der Waals surface area (Å²) in [6.07, 6.45) is 1.88. The predicted molar refractivity (Wildman–Crippen MR) is 142 cm³/mol. The molecule has 4 aromatic rings. The smallest absolute Gasteiger partial charge is 0.229 e. The number of halogens is 1. The van der Waals surface area contributed by atoms with Crippen molar-refractivity contribution in [2.45, 2.75) is 13.3 Å². The second-order valence-electron chi connectivity index (χ2n) is 9.04. The molecule has 0 bridgehead atoms. The Hall–Kier alpha value is -4.02. The van der Waals surface area contributed by atoms with Gasteiger partial charge in [-0.2, -0.15) is 4.98 Å². The fourth-order valence-electron chi connectivity index (χ4n) is 4.35. The van der Waals surface area contributed by atoms with Crippen molar-refractivity contribution in [2.24, 2.45) is 0 Å². The number of hydrogen-bond donors (Lipinski definition) is 4. The maximum Gasteiger partial charge on any atom is 0.229 e. The first-order valence-electron chi connectivity index (χ1n) is 12.3. The third-order valence-electron chi connectivity index (χ3n) is 6.19. The van der Waals surface area contributed by atoms with Crippen LogP contribution in [0.4, 0.5) is 27.5 Å². The van der Waals surface area contributed by atoms with E-state index in [0.717, 1.165) is 55.3 Å². The number of aromatic amines is 1. The van der Waals surface area contributed by atoms with Gasteiger partial charge < -0.3 is 25.7 Å². The van der Waals surface area contributed by atoms with Crippen molar-refractivity contribution in [2.75, 3.05) is 50.0 Å². The highest BCUT2D eigenvalue weighted by atomic mass is 19.1. The van der Waals surface area contributed by atoms with Crippen LogP contribution in [0.2, 0.25) is 0 Å². The van der Waals surface area contributed by atoms with E-state index in [2.05, 4.69) is 35.8 Å². The lowest BCUT2D eigenvalue weighted by atomic mass is 10.1. The van der Waals surface area contributed by atoms with Crippen LogP contribution < -0.4 is 16.0 Å². The monoisotopic (exact) mass is 503 g/mol. The summed E-state index contributed by atoms with van der Waals surface area (Å²) < 4.78 is 20.3. The molecule has 3 heterocycles. The number of morpholine rings is 1. The van der Waals surface area contributed by atoms with E-state index in [-0.39, 0.29) is 18.1 Å². The number of aromatic nitrogens is 3. The van der Waals surface area contributed by atoms with Gasteiger partial charge in [-0.05, 0) is 48.9 Å². The number of carbonyl (C=O) groups is 1. The van der Waals surface area contributed by atoms with E-state index in [4.69, 9.17) is 4.74 Å². The lowest BCUT2D eigenvalue weighted by Gasteiger charge is -2.26. The minimum Gasteiger partial charge on any atom is -0.379 e. The lowest BCUT2D eigenvalue weighted by Crippen LogP contribution is -2.41. The molecule has 9 nitrogen and oxygen atoms in total. The number of nitrogens with zero attached hydrogens (tertiary/aromatic N) is 3. The van der Waals surface area contributed by atoms with Crippen LogP contribution in [-0.4, -0.2) is 65.2 Å². The van der Waals surface area contributed by atoms with E-state index in [1.807, 2.05) is 37.3 Å². The van der Waals surface area contributed by atoms with Crippen molar-refractivity contribution in [3.05, 3.63) is 71.8 Å². The highest BCUT2D eigenvalue weighted by Crippen LogP contribution is 2.27. The fraction of sp³-hybridized carbons (Fsp3) is 0.296. The Balaban J connectivity index is 1.18. The first-order valence-corrected chi connectivity index (χ1v) is 12.3. The van der Waals surface area contributed by atoms with Crippen molar-refractivity contribution in [3.8, 4) is 0 Å². The average molecular weight is 504 g/mol. The molecule has 10 heteroatoms. The number of H-pyrrole nitrogens is 1. The molecule has 1 fully saturated rings. The van der Waals surface area contributed by atoms with Gasteiger partial charge in [-0.25, -0.2) is 9.37 Å². The van der Waals surface area contributed by atoms with Crippen LogP contribution in [0.1, 0.15) is 11.3 Å². The summed E-state index contributed by atoms with van der Waals surface area (Å²) in [6.45, 7) is 6.62. The molecule has 37 heavy (non-hydrogen) atoms. The predicted octanol–water partition coefficient (Wildman–Crippen LogP) is 3.88. The molecule has 4 N–H and O–H groups in total. The SMILES string of the molecule is Cc1cc2c(F)c(Nc3ccnc(Nc4cccc(CC(=O)NCCN5CCOCC5)c4)n3)ccc2[nH]1. The van der Waals surface area contributed by atoms with E-state index in [1.54, 1.807) is 24.4 Å². The van der Waals surface area contributed by atoms with Crippen molar-refractivity contribution >= 4 is 40.0 Å². The highest BCUT2D eigenvalue weighted by molar-refractivity contribution is 5.85. The molecule has 0 radical (unpaired) electrons. The zero-order valence-electron chi connectivity index (χ0n) is 20.7. The summed E-state index contributed by atoms with van der Waals surface area (Å²) in [5, 5.41) is 9.72. The summed E-state index contributed by atoms with van der Waals surface area (Å²) in [5.74, 6) is 0.449. The number of aryl methyl sites for hydroxylation is 1. The van der Waals surface area contributed by atoms with Gasteiger partial charge in [-0.3, -0.25) is 9.69 Å². The Morgan fingerprint density at radius 1 is 1.14 bits per heavy atom. The van der Waals surface area contributed by atoms with E-state index >= 15 is 0 Å². The number of rotatable bonds is 9. The molecule has 1 saturated heterocycles. The van der Waals surface area contributed by atoms with Crippen molar-refractivity contribution in [1.29, 1.82) is 0 Å². The Morgan fingerprint density at radius 3 is 2.86 bits per heavy atom. The van der Waals surface area contributed by atoms with Gasteiger partial charge in [-0.1, -0.05) is 12.1 Å². The van der Waals surface area contributed by atoms with Gasteiger partial charge in [-0.15, -0.1) is 0 Å². The summed E-state index contributed by atoms with van der Waals surface area (Å²) in [6, 6.07) is 14.5. The topological polar surface area (TPSA) is 107 Å². The molecule has 0 unspecified atom stereocenters. The Morgan fingerprint density at radius 2 is 2.00 bits per heavy atom. The Kier molecular flexibility index (Phi) is 7.57. The molecule has 1 aliphatic heterocycles. The van der Waals surface area contributed by atoms with Gasteiger partial charge in [0.15, 0.2) is 5.82 Å². The molecule has 0 spiro atoms. The number of ether oxygens (including phenoxy) is 1. The molecular weight excluding hydrogens is 473 g/mol. The van der Waals surface area contributed by atoms with Crippen LogP contribution in [0, 0.1) is 12.7 Å². The zero-order chi connectivity index (χ0) is 25.6. The van der Waals surface area contributed by atoms with E-state index < -0.39 is 0 Å². The second kappa shape index (κ2) is 11.4. The highest BCUT2D eigenvalue weighted by Gasteiger charge is 2.12. The molecule has 1 aliphatic rings. The number of fused-ring (bicyclic) bond motifs is 1. The molecule has 5 rings (SSSR count). The standard InChI is InChI=1S/C27H30FN7O2/c1-18-15-21-22(31-18)5-6-23(26(21)28)33-24-7-8-30-27(34-24)32-20-4-2-3-19(16-20)17-25(36)29-9-10-35-11-13-37-14-12-35/h2-8,15-16,31H,9-14,17H2,1H3,(H,29,36)(H2,30,32,33,34). The lowest BCUT2D eigenvalue weighted by molar-refractivity contribution is -0.120. The van der Waals surface area contributed by atoms with Gasteiger partial charge in [0, 0.05) is 54.7 Å². The summed E-state index contributed by atoms with van der Waals surface area (Å²) >= 11 is 0. The zero-order valence-corrected chi connectivity index (χ0v) is 20.7. The van der Waals surface area contributed by atoms with Gasteiger partial charge in [0.2, 0.25) is 11.9 Å². The van der Waals surface area contributed by atoms with Crippen molar-refractivity contribution < 1.29 is 13.9 Å². The number of nitrogens with one attached hydrogen (secondary N) is 4. The maximum absolute atomic E-state index is 15.0. The molecule has 0 aliphatic carbocycles. The largest absolute Gasteiger partial charge is 0.379 e. The number of anilines is 4. The average Bonchev–Trinajstić information content (AvgIpc) is 3.28. The van der Waals surface area contributed by atoms with Crippen LogP contribution >= 0.6 is 0 Å². The van der Waals surface area contributed by atoms with E-state index in [1.165, 1.54) is 0 Å². The first kappa shape index (κ1) is 24.7. The quantitative estimate of drug-likeness (QED) is 0.275. The van der Waals surface area contributed by atoms with Gasteiger partial charge >= 0.3 is 0 Å². The van der Waals surface area contributed by atoms with E-state index in [9.17, 15) is 9.18 Å². The second-order valence-corrected chi connectivity index (χ2v) is 9.04. The summed E-state index contributed by atoms with van der Waals surface area (Å²) in [5.41, 5.74) is 3.60. The van der Waals surface area contributed by atoms with Crippen molar-refractivity contribution in [3.63, 3.8) is 0 Å². The van der Waals surface area contributed by atoms with Crippen LogP contribution in [-0.2, 0) is 16.0 Å². The maximum atomic E-state index is 15.0. The van der Waals surface area contributed by atoms with Crippen LogP contribution in [0.5, 0.6) is 0 Å². The Bertz CT molecular complexity index is 1380. The molecule has 2 aromatic heterocycles. The third kappa shape index (κ3) is 6.41. The number of hydrogen-bond acceptors (Lipinski definition) is 7. The van der Waals surface area contributed by atoms with Gasteiger partial charge in [0.25, 0.3) is 0 Å². The summed E-state index contributed by atoms with van der Waals surface area (Å²) in [7, 11) is 0. The van der Waals surface area contributed by atoms with Crippen molar-refractivity contribution in [1.82, 2.24) is 25.2 Å². The minimum atomic E-state index is -0.342. The first-order chi connectivity index (χ1) is 18.0. The van der Waals surface area contributed by atoms with Crippen LogP contribution in [0.15, 0.2) is 54.7 Å². The minimum absolute atomic E-state index is 0.0236. The molecule has 0 atom stereocenters. The van der Waals surface area contributed by atoms with Gasteiger partial charge in [0.05, 0.1) is 25.3 Å². The normalized spacial score (nSPS) is 14.0. The fourth-order valence-corrected chi connectivity index (χ4v) is 4.35. The third-order valence-corrected chi connectivity index (χ3v) is 6.19. The molecule has 1 amide bonds. The summed E-state index contributed by atoms with van der Waals surface area (Å²) in [4.78, 5) is 26.6. The van der Waals surface area contributed by atoms with Crippen LogP contribution in [0.25, 0.3) is 10.9 Å². The number of carbonyl (C=O) groups excluding carboxylic acids is 1. The van der Waals surface area contributed by atoms with Crippen LogP contribution in [0.3, 0.4) is 0 Å². The number of benzene rings is 2. The number of amides is 1. The Labute approximate surface area is 214 Å². The van der Waals surface area contributed by atoms with E-state index in [0.29, 0.717) is 29.4 Å². The molecular formula is C27H30FN7O2.